The Kier molecular flexibility index (Phi) is 6.90. The van der Waals surface area contributed by atoms with E-state index in [1.807, 2.05) is 24.3 Å². The van der Waals surface area contributed by atoms with Crippen LogP contribution in [0.2, 0.25) is 0 Å². The van der Waals surface area contributed by atoms with Crippen molar-refractivity contribution in [1.29, 1.82) is 0 Å². The van der Waals surface area contributed by atoms with E-state index in [4.69, 9.17) is 0 Å². The number of benzene rings is 1. The number of aliphatic hydroxyl groups excluding tert-OH is 1. The molecule has 3 heteroatoms. The van der Waals surface area contributed by atoms with Gasteiger partial charge in [0.15, 0.2) is 0 Å². The van der Waals surface area contributed by atoms with Crippen molar-refractivity contribution in [3.05, 3.63) is 34.3 Å². The van der Waals surface area contributed by atoms with Gasteiger partial charge in [0.05, 0.1) is 6.10 Å². The number of halogens is 1. The highest BCUT2D eigenvalue weighted by Crippen LogP contribution is 2.21. The minimum absolute atomic E-state index is 0.376. The van der Waals surface area contributed by atoms with Gasteiger partial charge in [-0.05, 0) is 44.5 Å². The lowest BCUT2D eigenvalue weighted by Crippen LogP contribution is -2.30. The van der Waals surface area contributed by atoms with Gasteiger partial charge < -0.3 is 10.0 Å². The molecule has 0 saturated carbocycles. The third-order valence-corrected chi connectivity index (χ3v) is 3.94. The van der Waals surface area contributed by atoms with Gasteiger partial charge in [0.2, 0.25) is 0 Å². The first-order valence-corrected chi connectivity index (χ1v) is 7.47. The van der Waals surface area contributed by atoms with E-state index in [9.17, 15) is 5.11 Å². The number of aliphatic hydroxyl groups is 1. The Balaban J connectivity index is 2.43. The van der Waals surface area contributed by atoms with Crippen molar-refractivity contribution >= 4 is 15.9 Å². The lowest BCUT2D eigenvalue weighted by atomic mass is 10.1. The van der Waals surface area contributed by atoms with Crippen molar-refractivity contribution in [1.82, 2.24) is 4.90 Å². The van der Waals surface area contributed by atoms with Gasteiger partial charge >= 0.3 is 0 Å². The molecule has 2 nitrogen and oxygen atoms in total. The highest BCUT2D eigenvalue weighted by Gasteiger charge is 2.12. The Morgan fingerprint density at radius 1 is 1.33 bits per heavy atom. The van der Waals surface area contributed by atoms with E-state index in [0.29, 0.717) is 6.04 Å². The molecular weight excluding hydrogens is 290 g/mol. The minimum atomic E-state index is -0.376. The van der Waals surface area contributed by atoms with E-state index in [1.54, 1.807) is 0 Å². The van der Waals surface area contributed by atoms with E-state index < -0.39 is 0 Å². The summed E-state index contributed by atoms with van der Waals surface area (Å²) in [4.78, 5) is 2.32. The highest BCUT2D eigenvalue weighted by molar-refractivity contribution is 9.10. The summed E-state index contributed by atoms with van der Waals surface area (Å²) in [5, 5.41) is 10.2. The zero-order chi connectivity index (χ0) is 13.5. The summed E-state index contributed by atoms with van der Waals surface area (Å²) in [6.07, 6.45) is 2.82. The highest BCUT2D eigenvalue weighted by atomic mass is 79.9. The Hall–Kier alpha value is -0.380. The van der Waals surface area contributed by atoms with Crippen molar-refractivity contribution in [3.8, 4) is 0 Å². The molecule has 0 radical (unpaired) electrons. The fourth-order valence-electron chi connectivity index (χ4n) is 2.06. The maximum absolute atomic E-state index is 10.2. The summed E-state index contributed by atoms with van der Waals surface area (Å²) < 4.78 is 1.02. The third kappa shape index (κ3) is 5.09. The summed E-state index contributed by atoms with van der Waals surface area (Å²) >= 11 is 3.43. The molecule has 1 N–H and O–H groups in total. The number of nitrogens with zero attached hydrogens (tertiary/aromatic N) is 1. The molecule has 0 aromatic heterocycles. The molecule has 2 unspecified atom stereocenters. The molecule has 0 aliphatic rings. The van der Waals surface area contributed by atoms with Crippen LogP contribution in [-0.4, -0.2) is 29.6 Å². The van der Waals surface area contributed by atoms with Crippen LogP contribution in [0.1, 0.15) is 44.8 Å². The SMILES string of the molecule is CCCC(C)N(C)CCC(O)c1cccc(Br)c1. The van der Waals surface area contributed by atoms with E-state index >= 15 is 0 Å². The second-order valence-electron chi connectivity index (χ2n) is 4.98. The van der Waals surface area contributed by atoms with Crippen LogP contribution in [0.15, 0.2) is 28.7 Å². The van der Waals surface area contributed by atoms with Gasteiger partial charge in [0.25, 0.3) is 0 Å². The Morgan fingerprint density at radius 3 is 2.67 bits per heavy atom. The van der Waals surface area contributed by atoms with Gasteiger partial charge in [-0.1, -0.05) is 41.4 Å². The lowest BCUT2D eigenvalue weighted by Gasteiger charge is -2.25. The van der Waals surface area contributed by atoms with Gasteiger partial charge in [0, 0.05) is 17.1 Å². The molecule has 1 aromatic rings. The van der Waals surface area contributed by atoms with Gasteiger partial charge in [-0.25, -0.2) is 0 Å². The summed E-state index contributed by atoms with van der Waals surface area (Å²) in [6, 6.07) is 8.49. The van der Waals surface area contributed by atoms with Crippen LogP contribution in [0.3, 0.4) is 0 Å². The average Bonchev–Trinajstić information content (AvgIpc) is 2.35. The van der Waals surface area contributed by atoms with Crippen molar-refractivity contribution in [2.45, 2.75) is 45.3 Å². The Labute approximate surface area is 119 Å². The summed E-state index contributed by atoms with van der Waals surface area (Å²) in [6.45, 7) is 5.38. The third-order valence-electron chi connectivity index (χ3n) is 3.45. The molecule has 0 aliphatic carbocycles. The number of hydrogen-bond acceptors (Lipinski definition) is 2. The first kappa shape index (κ1) is 15.7. The molecule has 0 amide bonds. The van der Waals surface area contributed by atoms with Crippen molar-refractivity contribution < 1.29 is 5.11 Å². The molecule has 1 rings (SSSR count). The van der Waals surface area contributed by atoms with Crippen LogP contribution in [-0.2, 0) is 0 Å². The molecule has 102 valence electrons. The minimum Gasteiger partial charge on any atom is -0.388 e. The first-order valence-electron chi connectivity index (χ1n) is 6.68. The molecule has 18 heavy (non-hydrogen) atoms. The maximum Gasteiger partial charge on any atom is 0.0802 e. The van der Waals surface area contributed by atoms with Gasteiger partial charge in [-0.3, -0.25) is 0 Å². The summed E-state index contributed by atoms with van der Waals surface area (Å²) in [5.74, 6) is 0. The molecule has 0 spiro atoms. The maximum atomic E-state index is 10.2. The molecular formula is C15H24BrNO. The second kappa shape index (κ2) is 7.93. The van der Waals surface area contributed by atoms with Crippen LogP contribution >= 0.6 is 15.9 Å². The van der Waals surface area contributed by atoms with Crippen molar-refractivity contribution in [3.63, 3.8) is 0 Å². The molecule has 1 aromatic carbocycles. The molecule has 0 saturated heterocycles. The number of hydrogen-bond donors (Lipinski definition) is 1. The predicted molar refractivity (Wildman–Crippen MR) is 80.7 cm³/mol. The molecule has 0 bridgehead atoms. The Morgan fingerprint density at radius 2 is 2.06 bits per heavy atom. The van der Waals surface area contributed by atoms with E-state index in [0.717, 1.165) is 23.0 Å². The van der Waals surface area contributed by atoms with E-state index in [2.05, 4.69) is 41.7 Å². The molecule has 0 aliphatic heterocycles. The predicted octanol–water partition coefficient (Wildman–Crippen LogP) is 3.99. The number of rotatable bonds is 7. The molecule has 0 heterocycles. The fraction of sp³-hybridized carbons (Fsp3) is 0.600. The van der Waals surface area contributed by atoms with Gasteiger partial charge in [0.1, 0.15) is 0 Å². The topological polar surface area (TPSA) is 23.5 Å². The summed E-state index contributed by atoms with van der Waals surface area (Å²) in [7, 11) is 2.13. The van der Waals surface area contributed by atoms with Gasteiger partial charge in [-0.15, -0.1) is 0 Å². The second-order valence-corrected chi connectivity index (χ2v) is 5.89. The van der Waals surface area contributed by atoms with E-state index in [1.165, 1.54) is 12.8 Å². The van der Waals surface area contributed by atoms with Crippen molar-refractivity contribution in [2.75, 3.05) is 13.6 Å². The summed E-state index contributed by atoms with van der Waals surface area (Å²) in [5.41, 5.74) is 0.987. The van der Waals surface area contributed by atoms with Crippen molar-refractivity contribution in [2.24, 2.45) is 0 Å². The zero-order valence-electron chi connectivity index (χ0n) is 11.6. The fourth-order valence-corrected chi connectivity index (χ4v) is 2.48. The molecule has 2 atom stereocenters. The molecule has 0 fully saturated rings. The monoisotopic (exact) mass is 313 g/mol. The van der Waals surface area contributed by atoms with Crippen LogP contribution in [0.4, 0.5) is 0 Å². The standard InChI is InChI=1S/C15H24BrNO/c1-4-6-12(2)17(3)10-9-15(18)13-7-5-8-14(16)11-13/h5,7-8,11-12,15,18H,4,6,9-10H2,1-3H3. The largest absolute Gasteiger partial charge is 0.388 e. The average molecular weight is 314 g/mol. The Bertz CT molecular complexity index is 356. The van der Waals surface area contributed by atoms with Gasteiger partial charge in [-0.2, -0.15) is 0 Å². The van der Waals surface area contributed by atoms with Crippen LogP contribution in [0.5, 0.6) is 0 Å². The first-order chi connectivity index (χ1) is 8.54. The lowest BCUT2D eigenvalue weighted by molar-refractivity contribution is 0.137. The quantitative estimate of drug-likeness (QED) is 0.822. The van der Waals surface area contributed by atoms with Crippen LogP contribution in [0.25, 0.3) is 0 Å². The smallest absolute Gasteiger partial charge is 0.0802 e. The van der Waals surface area contributed by atoms with E-state index in [-0.39, 0.29) is 6.10 Å². The normalized spacial score (nSPS) is 14.8. The zero-order valence-corrected chi connectivity index (χ0v) is 13.2. The van der Waals surface area contributed by atoms with Crippen LogP contribution in [0, 0.1) is 0 Å². The van der Waals surface area contributed by atoms with Crippen LogP contribution < -0.4 is 0 Å².